The number of hydrogen-bond acceptors (Lipinski definition) is 6. The van der Waals surface area contributed by atoms with E-state index in [1.54, 1.807) is 0 Å². The molecule has 0 aliphatic heterocycles. The molecule has 0 heterocycles. The average molecular weight is 765 g/mol. The van der Waals surface area contributed by atoms with Gasteiger partial charge in [-0.3, -0.25) is 14.4 Å². The van der Waals surface area contributed by atoms with Crippen LogP contribution in [0.3, 0.4) is 0 Å². The molecule has 0 aromatic carbocycles. The second-order valence-corrected chi connectivity index (χ2v) is 16.9. The van der Waals surface area contributed by atoms with Gasteiger partial charge in [0.05, 0.1) is 0 Å². The van der Waals surface area contributed by atoms with Gasteiger partial charge in [0.2, 0.25) is 0 Å². The van der Waals surface area contributed by atoms with Crippen LogP contribution in [0.15, 0.2) is 0 Å². The highest BCUT2D eigenvalue weighted by molar-refractivity contribution is 5.71. The molecule has 0 amide bonds. The molecule has 54 heavy (non-hydrogen) atoms. The van der Waals surface area contributed by atoms with Gasteiger partial charge < -0.3 is 14.2 Å². The van der Waals surface area contributed by atoms with E-state index in [1.165, 1.54) is 161 Å². The Kier molecular flexibility index (Phi) is 41.3. The standard InChI is InChI=1S/C48H92O6/c1-5-7-9-11-13-15-16-20-24-27-31-35-39-46(49)52-42-45(54-48(51)41-37-33-29-22-14-12-10-8-6-2)43-53-47(50)40-36-32-28-25-21-18-17-19-23-26-30-34-38-44(3)4/h44-45H,5-43H2,1-4H3/t45-/m0/s1. The van der Waals surface area contributed by atoms with E-state index in [4.69, 9.17) is 14.2 Å². The van der Waals surface area contributed by atoms with E-state index in [-0.39, 0.29) is 31.1 Å². The quantitative estimate of drug-likeness (QED) is 0.0349. The number of carbonyl (C=O) groups is 3. The van der Waals surface area contributed by atoms with Crippen LogP contribution in [0.2, 0.25) is 0 Å². The molecule has 0 fully saturated rings. The van der Waals surface area contributed by atoms with Crippen molar-refractivity contribution < 1.29 is 28.6 Å². The van der Waals surface area contributed by atoms with Crippen molar-refractivity contribution in [1.82, 2.24) is 0 Å². The molecule has 0 bridgehead atoms. The van der Waals surface area contributed by atoms with Gasteiger partial charge in [0.1, 0.15) is 13.2 Å². The van der Waals surface area contributed by atoms with Gasteiger partial charge in [-0.2, -0.15) is 0 Å². The van der Waals surface area contributed by atoms with E-state index in [9.17, 15) is 14.4 Å². The summed E-state index contributed by atoms with van der Waals surface area (Å²) in [7, 11) is 0. The van der Waals surface area contributed by atoms with Gasteiger partial charge >= 0.3 is 17.9 Å². The largest absolute Gasteiger partial charge is 0.462 e. The van der Waals surface area contributed by atoms with Crippen LogP contribution in [0, 0.1) is 5.92 Å². The van der Waals surface area contributed by atoms with Crippen molar-refractivity contribution in [3.8, 4) is 0 Å². The summed E-state index contributed by atoms with van der Waals surface area (Å²) in [5.74, 6) is -0.0191. The normalized spacial score (nSPS) is 11.9. The van der Waals surface area contributed by atoms with Gasteiger partial charge in [-0.25, -0.2) is 0 Å². The fourth-order valence-corrected chi connectivity index (χ4v) is 7.16. The highest BCUT2D eigenvalue weighted by Gasteiger charge is 2.19. The Balaban J connectivity index is 4.27. The molecule has 1 atom stereocenters. The van der Waals surface area contributed by atoms with Gasteiger partial charge in [-0.05, 0) is 25.2 Å². The lowest BCUT2D eigenvalue weighted by Crippen LogP contribution is -2.30. The van der Waals surface area contributed by atoms with Gasteiger partial charge in [0.25, 0.3) is 0 Å². The smallest absolute Gasteiger partial charge is 0.306 e. The minimum absolute atomic E-state index is 0.0635. The number of rotatable bonds is 43. The zero-order chi connectivity index (χ0) is 39.6. The zero-order valence-corrected chi connectivity index (χ0v) is 36.7. The summed E-state index contributed by atoms with van der Waals surface area (Å²) in [6.07, 6.45) is 42.3. The van der Waals surface area contributed by atoms with Crippen LogP contribution < -0.4 is 0 Å². The maximum Gasteiger partial charge on any atom is 0.306 e. The molecule has 0 saturated heterocycles. The first-order chi connectivity index (χ1) is 26.4. The Morgan fingerprint density at radius 3 is 0.907 bits per heavy atom. The summed E-state index contributed by atoms with van der Waals surface area (Å²) in [4.78, 5) is 37.7. The number of hydrogen-bond donors (Lipinski definition) is 0. The first-order valence-electron chi connectivity index (χ1n) is 23.9. The van der Waals surface area contributed by atoms with Crippen molar-refractivity contribution in [3.63, 3.8) is 0 Å². The third-order valence-electron chi connectivity index (χ3n) is 10.8. The van der Waals surface area contributed by atoms with E-state index >= 15 is 0 Å². The van der Waals surface area contributed by atoms with Gasteiger partial charge in [-0.1, -0.05) is 227 Å². The third-order valence-corrected chi connectivity index (χ3v) is 10.8. The molecule has 0 aromatic rings. The second-order valence-electron chi connectivity index (χ2n) is 16.9. The predicted octanol–water partition coefficient (Wildman–Crippen LogP) is 15.1. The van der Waals surface area contributed by atoms with Crippen molar-refractivity contribution in [1.29, 1.82) is 0 Å². The molecule has 0 aliphatic rings. The fourth-order valence-electron chi connectivity index (χ4n) is 7.16. The molecule has 0 N–H and O–H groups in total. The molecule has 0 saturated carbocycles. The lowest BCUT2D eigenvalue weighted by atomic mass is 10.0. The van der Waals surface area contributed by atoms with Crippen LogP contribution in [-0.2, 0) is 28.6 Å². The predicted molar refractivity (Wildman–Crippen MR) is 229 cm³/mol. The first kappa shape index (κ1) is 52.4. The maximum atomic E-state index is 12.7. The van der Waals surface area contributed by atoms with Crippen molar-refractivity contribution >= 4 is 17.9 Å². The van der Waals surface area contributed by atoms with E-state index in [2.05, 4.69) is 27.7 Å². The Morgan fingerprint density at radius 1 is 0.352 bits per heavy atom. The lowest BCUT2D eigenvalue weighted by molar-refractivity contribution is -0.167. The highest BCUT2D eigenvalue weighted by Crippen LogP contribution is 2.16. The lowest BCUT2D eigenvalue weighted by Gasteiger charge is -2.18. The fraction of sp³-hybridized carbons (Fsp3) is 0.938. The number of esters is 3. The number of ether oxygens (including phenoxy) is 3. The summed E-state index contributed by atoms with van der Waals surface area (Å²) < 4.78 is 16.7. The minimum Gasteiger partial charge on any atom is -0.462 e. The summed E-state index contributed by atoms with van der Waals surface area (Å²) in [5, 5.41) is 0. The van der Waals surface area contributed by atoms with Crippen molar-refractivity contribution in [2.75, 3.05) is 13.2 Å². The Hall–Kier alpha value is -1.59. The maximum absolute atomic E-state index is 12.7. The molecule has 0 spiro atoms. The van der Waals surface area contributed by atoms with Crippen LogP contribution in [-0.4, -0.2) is 37.2 Å². The molecule has 0 aliphatic carbocycles. The molecule has 6 nitrogen and oxygen atoms in total. The number of unbranched alkanes of at least 4 members (excludes halogenated alkanes) is 30. The molecule has 0 unspecified atom stereocenters. The molecule has 0 aromatic heterocycles. The molecule has 0 radical (unpaired) electrons. The minimum atomic E-state index is -0.758. The monoisotopic (exact) mass is 765 g/mol. The summed E-state index contributed by atoms with van der Waals surface area (Å²) in [6.45, 7) is 8.99. The van der Waals surface area contributed by atoms with Crippen LogP contribution in [0.5, 0.6) is 0 Å². The zero-order valence-electron chi connectivity index (χ0n) is 36.7. The van der Waals surface area contributed by atoms with Crippen LogP contribution in [0.1, 0.15) is 265 Å². The van der Waals surface area contributed by atoms with Gasteiger partial charge in [-0.15, -0.1) is 0 Å². The van der Waals surface area contributed by atoms with Crippen LogP contribution in [0.25, 0.3) is 0 Å². The van der Waals surface area contributed by atoms with Crippen LogP contribution >= 0.6 is 0 Å². The summed E-state index contributed by atoms with van der Waals surface area (Å²) >= 11 is 0. The molecule has 6 heteroatoms. The summed E-state index contributed by atoms with van der Waals surface area (Å²) in [5.41, 5.74) is 0. The summed E-state index contributed by atoms with van der Waals surface area (Å²) in [6, 6.07) is 0. The Bertz CT molecular complexity index is 811. The van der Waals surface area contributed by atoms with E-state index in [1.807, 2.05) is 0 Å². The SMILES string of the molecule is CCCCCCCCCCCCCCC(=O)OC[C@@H](COC(=O)CCCCCCCCCCCCCCC(C)C)OC(=O)CCCCCCCCCCC. The van der Waals surface area contributed by atoms with E-state index in [0.29, 0.717) is 19.3 Å². The Morgan fingerprint density at radius 2 is 0.611 bits per heavy atom. The average Bonchev–Trinajstić information content (AvgIpc) is 3.15. The third kappa shape index (κ3) is 41.6. The topological polar surface area (TPSA) is 78.9 Å². The van der Waals surface area contributed by atoms with Crippen LogP contribution in [0.4, 0.5) is 0 Å². The van der Waals surface area contributed by atoms with Crippen molar-refractivity contribution in [2.45, 2.75) is 271 Å². The number of carbonyl (C=O) groups excluding carboxylic acids is 3. The van der Waals surface area contributed by atoms with Crippen molar-refractivity contribution in [2.24, 2.45) is 5.92 Å². The second kappa shape index (κ2) is 42.6. The van der Waals surface area contributed by atoms with Crippen molar-refractivity contribution in [3.05, 3.63) is 0 Å². The Labute approximate surface area is 336 Å². The highest BCUT2D eigenvalue weighted by atomic mass is 16.6. The van der Waals surface area contributed by atoms with E-state index in [0.717, 1.165) is 63.7 Å². The molecular weight excluding hydrogens is 673 g/mol. The first-order valence-corrected chi connectivity index (χ1v) is 23.9. The van der Waals surface area contributed by atoms with Gasteiger partial charge in [0.15, 0.2) is 6.10 Å². The van der Waals surface area contributed by atoms with E-state index < -0.39 is 6.10 Å². The molecular formula is C48H92O6. The van der Waals surface area contributed by atoms with Gasteiger partial charge in [0, 0.05) is 19.3 Å². The molecule has 320 valence electrons. The molecule has 0 rings (SSSR count).